The molecule has 10 heterocycles. The molecular weight excluding hydrogens is 1700 g/mol. The number of benzene rings is 4. The Morgan fingerprint density at radius 2 is 0.677 bits per heavy atom. The standard InChI is InChI=1S/C27H30FN7O2.C24H22N8O2.2C22H24N6O3/c1-7-21(36)17-14-29-23(32-22-12-11-18(25(28)33-22)27(2,3)4)13-20(17)31-19-10-8-9-16(24(19)37-6)26-30-15-35(5)34-26;1-4-20(33)17-13-26-22(30-21-10-5-7-15(12-25)28-21)11-19(17)29-18-9-6-8-16(23(18)34-3)24-27-14-32(2)31-24;2*1-4-18(29)15-11-23-19(26-22(30)13-8-9-13)10-17(15)25-16-7-5-6-14(20(16)31-3)21-24-12-28(2)27-21/h8-15H,7H2,1-6H3,(H2,29,31,32,33);5-11,13-14H,4H2,1-3H3,(H2,26,28,29,30);2*5-7,10-13H,4,8-9H2,1-3H3,(H2,23,25,26,30). The molecule has 10 aromatic heterocycles. The second-order valence-corrected chi connectivity index (χ2v) is 31.7. The van der Waals surface area contributed by atoms with Crippen LogP contribution in [0.15, 0.2) is 177 Å². The number of hydrogen-bond donors (Lipinski definition) is 8. The summed E-state index contributed by atoms with van der Waals surface area (Å²) >= 11 is 0. The van der Waals surface area contributed by atoms with Gasteiger partial charge in [0.25, 0.3) is 0 Å². The van der Waals surface area contributed by atoms with Crippen molar-refractivity contribution in [1.29, 1.82) is 5.26 Å². The number of rotatable bonds is 32. The molecule has 0 radical (unpaired) electrons. The predicted octanol–water partition coefficient (Wildman–Crippen LogP) is 17.2. The van der Waals surface area contributed by atoms with Crippen LogP contribution in [0.4, 0.5) is 84.8 Å². The summed E-state index contributed by atoms with van der Waals surface area (Å²) in [5, 5.41) is 51.5. The minimum Gasteiger partial charge on any atom is -0.494 e. The Labute approximate surface area is 765 Å². The molecule has 37 nitrogen and oxygen atoms in total. The third-order valence-corrected chi connectivity index (χ3v) is 20.8. The number of carbonyl (C=O) groups excluding carboxylic acids is 6. The van der Waals surface area contributed by atoms with Crippen LogP contribution >= 0.6 is 0 Å². The third kappa shape index (κ3) is 23.3. The number of hydrogen-bond acceptors (Lipinski definition) is 31. The molecule has 14 aromatic rings. The van der Waals surface area contributed by atoms with Crippen molar-refractivity contribution in [3.63, 3.8) is 0 Å². The number of pyridine rings is 6. The van der Waals surface area contributed by atoms with Crippen molar-refractivity contribution in [3.8, 4) is 74.6 Å². The second kappa shape index (κ2) is 42.5. The topological polar surface area (TPSA) is 460 Å². The highest BCUT2D eigenvalue weighted by Crippen LogP contribution is 2.44. The number of carbonyl (C=O) groups is 6. The van der Waals surface area contributed by atoms with Gasteiger partial charge >= 0.3 is 0 Å². The Kier molecular flexibility index (Phi) is 30.1. The second-order valence-electron chi connectivity index (χ2n) is 31.7. The van der Waals surface area contributed by atoms with E-state index in [0.717, 1.165) is 25.7 Å². The van der Waals surface area contributed by atoms with Crippen molar-refractivity contribution in [1.82, 2.24) is 89.0 Å². The van der Waals surface area contributed by atoms with E-state index in [1.807, 2.05) is 99.6 Å². The number of aromatic nitrogens is 18. The Morgan fingerprint density at radius 1 is 0.383 bits per heavy atom. The molecule has 133 heavy (non-hydrogen) atoms. The van der Waals surface area contributed by atoms with Crippen molar-refractivity contribution in [2.45, 2.75) is 105 Å². The SMILES string of the molecule is CCC(=O)c1cnc(NC(=O)C2CC2)cc1Nc1cccc(-c2ncn(C)n2)c1OC.CCC(=O)c1cnc(NC(=O)C2CC2)cc1Nc1cccc(-c2ncn(C)n2)c1OC.CCC(=O)c1cnc(Nc2ccc(C(C)(C)C)c(F)n2)cc1Nc1cccc(-c2ncn(C)n2)c1OC.CCC(=O)c1cnc(Nc2cccc(C#N)n2)cc1Nc1cccc(-c2ncn(C)n2)c1OC. The van der Waals surface area contributed by atoms with Crippen molar-refractivity contribution >= 4 is 115 Å². The van der Waals surface area contributed by atoms with Gasteiger partial charge in [0.15, 0.2) is 69.4 Å². The first-order valence-corrected chi connectivity index (χ1v) is 42.6. The van der Waals surface area contributed by atoms with Crippen LogP contribution in [0, 0.1) is 29.1 Å². The summed E-state index contributed by atoms with van der Waals surface area (Å²) in [7, 11) is 13.4. The molecule has 38 heteroatoms. The molecule has 0 atom stereocenters. The zero-order chi connectivity index (χ0) is 94.7. The molecule has 2 saturated carbocycles. The van der Waals surface area contributed by atoms with Crippen LogP contribution in [0.5, 0.6) is 23.0 Å². The highest BCUT2D eigenvalue weighted by Gasteiger charge is 2.33. The molecule has 8 N–H and O–H groups in total. The minimum atomic E-state index is -0.543. The van der Waals surface area contributed by atoms with E-state index in [-0.39, 0.29) is 57.9 Å². The number of nitrogens with zero attached hydrogens (tertiary/aromatic N) is 19. The van der Waals surface area contributed by atoms with Crippen molar-refractivity contribution in [2.24, 2.45) is 40.0 Å². The van der Waals surface area contributed by atoms with Gasteiger partial charge in [-0.15, -0.1) is 0 Å². The van der Waals surface area contributed by atoms with Crippen molar-refractivity contribution < 1.29 is 52.1 Å². The number of ketones is 4. The molecule has 2 aliphatic rings. The van der Waals surface area contributed by atoms with Crippen LogP contribution in [0.2, 0.25) is 0 Å². The van der Waals surface area contributed by atoms with Gasteiger partial charge in [-0.25, -0.2) is 49.8 Å². The smallest absolute Gasteiger partial charge is 0.228 e. The van der Waals surface area contributed by atoms with Gasteiger partial charge in [-0.2, -0.15) is 30.0 Å². The summed E-state index contributed by atoms with van der Waals surface area (Å²) in [5.41, 5.74) is 9.69. The lowest BCUT2D eigenvalue weighted by atomic mass is 9.88. The van der Waals surface area contributed by atoms with Crippen LogP contribution in [0.1, 0.15) is 153 Å². The van der Waals surface area contributed by atoms with Crippen LogP contribution < -0.4 is 61.5 Å². The number of Topliss-reactive ketones (excluding diaryl/α,β-unsaturated/α-hetero) is 4. The molecule has 2 aliphatic carbocycles. The number of ether oxygens (including phenoxy) is 4. The fourth-order valence-corrected chi connectivity index (χ4v) is 13.8. The molecule has 2 amide bonds. The summed E-state index contributed by atoms with van der Waals surface area (Å²) in [6, 6.07) is 39.5. The molecule has 0 bridgehead atoms. The van der Waals surface area contributed by atoms with Crippen molar-refractivity contribution in [3.05, 3.63) is 217 Å². The molecular formula is C95H100FN27O10. The Hall–Kier alpha value is -16.6. The number of anilines is 14. The molecule has 2 fully saturated rings. The maximum Gasteiger partial charge on any atom is 0.228 e. The van der Waals surface area contributed by atoms with Crippen LogP contribution in [-0.2, 0) is 43.2 Å². The fourth-order valence-electron chi connectivity index (χ4n) is 13.8. The molecule has 0 spiro atoms. The van der Waals surface area contributed by atoms with Gasteiger partial charge in [0, 0.05) is 120 Å². The predicted molar refractivity (Wildman–Crippen MR) is 502 cm³/mol. The van der Waals surface area contributed by atoms with Gasteiger partial charge < -0.3 is 61.5 Å². The highest BCUT2D eigenvalue weighted by atomic mass is 19.1. The molecule has 682 valence electrons. The number of aryl methyl sites for hydroxylation is 4. The molecule has 0 aliphatic heterocycles. The molecule has 4 aromatic carbocycles. The molecule has 16 rings (SSSR count). The lowest BCUT2D eigenvalue weighted by Crippen LogP contribution is -2.15. The van der Waals surface area contributed by atoms with E-state index in [1.54, 1.807) is 183 Å². The lowest BCUT2D eigenvalue weighted by Gasteiger charge is -2.19. The van der Waals surface area contributed by atoms with E-state index in [1.165, 1.54) is 24.8 Å². The number of methoxy groups -OCH3 is 4. The number of para-hydroxylation sites is 4. The summed E-state index contributed by atoms with van der Waals surface area (Å²) < 4.78 is 43.8. The van der Waals surface area contributed by atoms with Crippen LogP contribution in [0.25, 0.3) is 45.6 Å². The lowest BCUT2D eigenvalue weighted by molar-refractivity contribution is -0.118. The fraction of sp³-hybridized carbons (Fsp3) is 0.274. The van der Waals surface area contributed by atoms with E-state index in [4.69, 9.17) is 24.2 Å². The monoisotopic (exact) mass is 1800 g/mol. The van der Waals surface area contributed by atoms with Gasteiger partial charge in [-0.05, 0) is 97.8 Å². The largest absolute Gasteiger partial charge is 0.494 e. The Bertz CT molecular complexity index is 6500. The number of nitrogens with one attached hydrogen (secondary N) is 8. The number of amides is 2. The maximum absolute atomic E-state index is 14.6. The van der Waals surface area contributed by atoms with E-state index < -0.39 is 5.95 Å². The van der Waals surface area contributed by atoms with Gasteiger partial charge in [0.05, 0.1) is 118 Å². The van der Waals surface area contributed by atoms with E-state index in [9.17, 15) is 33.2 Å². The number of halogens is 1. The van der Waals surface area contributed by atoms with Crippen LogP contribution in [0.3, 0.4) is 0 Å². The van der Waals surface area contributed by atoms with Gasteiger partial charge in [0.2, 0.25) is 17.8 Å². The molecule has 0 saturated heterocycles. The average Bonchev–Trinajstić information content (AvgIpc) is 1.74. The summed E-state index contributed by atoms with van der Waals surface area (Å²) in [4.78, 5) is 117. The average molecular weight is 1800 g/mol. The first-order chi connectivity index (χ1) is 64.1. The summed E-state index contributed by atoms with van der Waals surface area (Å²) in [6.07, 6.45) is 17.3. The molecule has 0 unspecified atom stereocenters. The third-order valence-electron chi connectivity index (χ3n) is 20.8. The normalized spacial score (nSPS) is 11.9. The van der Waals surface area contributed by atoms with Gasteiger partial charge in [-0.1, -0.05) is 84.9 Å². The van der Waals surface area contributed by atoms with E-state index in [2.05, 4.69) is 113 Å². The number of nitriles is 1. The van der Waals surface area contributed by atoms with Gasteiger partial charge in [0.1, 0.15) is 72.0 Å². The zero-order valence-electron chi connectivity index (χ0n) is 76.0. The maximum atomic E-state index is 14.6. The first kappa shape index (κ1) is 94.0. The van der Waals surface area contributed by atoms with E-state index >= 15 is 0 Å². The Balaban J connectivity index is 0.000000151. The van der Waals surface area contributed by atoms with Crippen molar-refractivity contribution in [2.75, 3.05) is 71.0 Å². The summed E-state index contributed by atoms with van der Waals surface area (Å²) in [6.45, 7) is 13.0. The van der Waals surface area contributed by atoms with E-state index in [0.29, 0.717) is 202 Å². The summed E-state index contributed by atoms with van der Waals surface area (Å²) in [5.74, 6) is 5.87. The Morgan fingerprint density at radius 3 is 0.940 bits per heavy atom. The highest BCUT2D eigenvalue weighted by molar-refractivity contribution is 6.06. The van der Waals surface area contributed by atoms with Gasteiger partial charge in [-0.3, -0.25) is 47.5 Å². The zero-order valence-corrected chi connectivity index (χ0v) is 76.0. The quantitative estimate of drug-likeness (QED) is 0.0143. The first-order valence-electron chi connectivity index (χ1n) is 42.6. The van der Waals surface area contributed by atoms with Crippen LogP contribution in [-0.4, -0.2) is 152 Å². The minimum absolute atomic E-state index is 0.0474.